The van der Waals surface area contributed by atoms with Gasteiger partial charge in [0.2, 0.25) is 5.91 Å². The second-order valence-corrected chi connectivity index (χ2v) is 10.8. The van der Waals surface area contributed by atoms with Crippen LogP contribution in [0, 0.1) is 5.82 Å². The third-order valence-corrected chi connectivity index (χ3v) is 7.94. The predicted octanol–water partition coefficient (Wildman–Crippen LogP) is 6.30. The lowest BCUT2D eigenvalue weighted by Gasteiger charge is -2.37. The molecule has 0 bridgehead atoms. The number of amides is 1. The highest BCUT2D eigenvalue weighted by Gasteiger charge is 2.49. The summed E-state index contributed by atoms with van der Waals surface area (Å²) in [6, 6.07) is 6.18. The van der Waals surface area contributed by atoms with Crippen LogP contribution in [0.5, 0.6) is 0 Å². The molecule has 2 aromatic rings. The maximum absolute atomic E-state index is 13.8. The fraction of sp³-hybridized carbons (Fsp3) is 0.448. The zero-order valence-electron chi connectivity index (χ0n) is 21.9. The van der Waals surface area contributed by atoms with Crippen LogP contribution in [0.3, 0.4) is 0 Å². The molecule has 0 radical (unpaired) electrons. The fourth-order valence-corrected chi connectivity index (χ4v) is 6.03. The van der Waals surface area contributed by atoms with E-state index < -0.39 is 53.5 Å². The molecule has 5 atom stereocenters. The molecule has 3 aliphatic rings. The van der Waals surface area contributed by atoms with E-state index in [9.17, 15) is 40.3 Å². The van der Waals surface area contributed by atoms with E-state index in [4.69, 9.17) is 4.74 Å². The second-order valence-electron chi connectivity index (χ2n) is 10.8. The van der Waals surface area contributed by atoms with E-state index in [0.29, 0.717) is 37.0 Å². The zero-order chi connectivity index (χ0) is 29.7. The van der Waals surface area contributed by atoms with Gasteiger partial charge in [-0.25, -0.2) is 4.39 Å². The van der Waals surface area contributed by atoms with Crippen molar-refractivity contribution in [1.82, 2.24) is 10.2 Å². The summed E-state index contributed by atoms with van der Waals surface area (Å²) in [4.78, 5) is 26.5. The largest absolute Gasteiger partial charge is 0.416 e. The first-order chi connectivity index (χ1) is 19.2. The first-order valence-corrected chi connectivity index (χ1v) is 13.2. The number of allylic oxidation sites excluding steroid dienone is 2. The Morgan fingerprint density at radius 1 is 0.951 bits per heavy atom. The van der Waals surface area contributed by atoms with Crippen molar-refractivity contribution in [2.75, 3.05) is 6.54 Å². The summed E-state index contributed by atoms with van der Waals surface area (Å²) in [6.07, 6.45) is -8.96. The molecule has 2 saturated heterocycles. The molecule has 220 valence electrons. The summed E-state index contributed by atoms with van der Waals surface area (Å²) in [5, 5.41) is 3.27. The molecule has 2 fully saturated rings. The Kier molecular flexibility index (Phi) is 7.65. The first-order valence-electron chi connectivity index (χ1n) is 13.2. The number of nitrogens with zero attached hydrogens (tertiary/aromatic N) is 1. The molecule has 2 heterocycles. The van der Waals surface area contributed by atoms with Crippen molar-refractivity contribution in [3.8, 4) is 0 Å². The van der Waals surface area contributed by atoms with Crippen LogP contribution >= 0.6 is 0 Å². The third kappa shape index (κ3) is 6.27. The second kappa shape index (κ2) is 10.8. The molecule has 2 aliphatic heterocycles. The van der Waals surface area contributed by atoms with Gasteiger partial charge in [-0.15, -0.1) is 0 Å². The van der Waals surface area contributed by atoms with Crippen LogP contribution in [0.15, 0.2) is 54.2 Å². The molecule has 1 amide bonds. The van der Waals surface area contributed by atoms with E-state index in [1.54, 1.807) is 4.90 Å². The maximum Gasteiger partial charge on any atom is 0.416 e. The van der Waals surface area contributed by atoms with Gasteiger partial charge < -0.3 is 15.0 Å². The van der Waals surface area contributed by atoms with E-state index in [-0.39, 0.29) is 42.3 Å². The molecule has 41 heavy (non-hydrogen) atoms. The first kappa shape index (κ1) is 29.1. The number of benzene rings is 2. The summed E-state index contributed by atoms with van der Waals surface area (Å²) in [7, 11) is 0. The minimum absolute atomic E-state index is 0.00737. The number of rotatable bonds is 6. The Balaban J connectivity index is 1.44. The molecular weight excluding hydrogens is 557 g/mol. The van der Waals surface area contributed by atoms with Crippen LogP contribution in [-0.2, 0) is 26.7 Å². The third-order valence-electron chi connectivity index (χ3n) is 7.94. The van der Waals surface area contributed by atoms with Crippen LogP contribution in [0.1, 0.15) is 66.9 Å². The number of hydrogen-bond donors (Lipinski definition) is 1. The maximum atomic E-state index is 13.8. The van der Waals surface area contributed by atoms with Gasteiger partial charge in [0, 0.05) is 49.2 Å². The van der Waals surface area contributed by atoms with Crippen LogP contribution in [0.2, 0.25) is 0 Å². The van der Waals surface area contributed by atoms with Crippen molar-refractivity contribution in [3.05, 3.63) is 82.3 Å². The normalized spacial score (nSPS) is 25.8. The molecule has 5 nitrogen and oxygen atoms in total. The molecule has 1 aliphatic carbocycles. The van der Waals surface area contributed by atoms with Gasteiger partial charge in [-0.2, -0.15) is 26.3 Å². The highest BCUT2D eigenvalue weighted by atomic mass is 19.4. The Bertz CT molecular complexity index is 1320. The van der Waals surface area contributed by atoms with Crippen molar-refractivity contribution in [3.63, 3.8) is 0 Å². The van der Waals surface area contributed by atoms with Crippen molar-refractivity contribution in [2.45, 2.75) is 75.2 Å². The number of piperidine rings is 1. The molecule has 5 rings (SSSR count). The van der Waals surface area contributed by atoms with E-state index in [2.05, 4.69) is 5.32 Å². The molecule has 0 saturated carbocycles. The Morgan fingerprint density at radius 2 is 1.59 bits per heavy atom. The van der Waals surface area contributed by atoms with Crippen molar-refractivity contribution in [1.29, 1.82) is 0 Å². The molecular formula is C29H27F7N2O3. The number of ketones is 1. The highest BCUT2D eigenvalue weighted by molar-refractivity contribution is 5.92. The van der Waals surface area contributed by atoms with Gasteiger partial charge in [0.15, 0.2) is 5.78 Å². The number of halogens is 7. The molecule has 1 N–H and O–H groups in total. The van der Waals surface area contributed by atoms with Gasteiger partial charge in [-0.05, 0) is 61.2 Å². The van der Waals surface area contributed by atoms with Gasteiger partial charge >= 0.3 is 12.4 Å². The lowest BCUT2D eigenvalue weighted by atomic mass is 9.84. The van der Waals surface area contributed by atoms with Crippen molar-refractivity contribution < 1.29 is 45.1 Å². The minimum atomic E-state index is -5.01. The quantitative estimate of drug-likeness (QED) is 0.405. The standard InChI is InChI=1S/C29H27F7N2O3/c1-15(17-8-18(28(31,32)33)10-19(9-17)29(34,35)36)41-25-14-38-24(27(25)16-2-4-20(30)5-3-16)12-22(13-26(38)40)37-21-6-7-23(39)11-21/h2-5,8-11,15,22,24-25,27,37H,6-7,12-14H2,1H3/t15-,22?,24?,25+,27?/m1/s1. The Morgan fingerprint density at radius 3 is 2.15 bits per heavy atom. The number of alkyl halides is 6. The Hall–Kier alpha value is -3.41. The summed E-state index contributed by atoms with van der Waals surface area (Å²) in [5.74, 6) is -1.23. The van der Waals surface area contributed by atoms with E-state index in [0.717, 1.165) is 5.70 Å². The van der Waals surface area contributed by atoms with Crippen LogP contribution in [0.25, 0.3) is 0 Å². The molecule has 0 spiro atoms. The number of hydrogen-bond acceptors (Lipinski definition) is 4. The van der Waals surface area contributed by atoms with E-state index >= 15 is 0 Å². The van der Waals surface area contributed by atoms with Gasteiger partial charge in [-0.1, -0.05) is 12.1 Å². The van der Waals surface area contributed by atoms with Gasteiger partial charge in [0.05, 0.1) is 23.3 Å². The zero-order valence-corrected chi connectivity index (χ0v) is 21.9. The summed E-state index contributed by atoms with van der Waals surface area (Å²) in [6.45, 7) is 1.43. The SMILES string of the molecule is C[C@@H](O[C@H]1CN2C(=O)CC(NC3=CC(=O)CC3)CC2C1c1ccc(F)cc1)c1cc(C(F)(F)F)cc(C(F)(F)F)c1. The lowest BCUT2D eigenvalue weighted by molar-refractivity contribution is -0.143. The monoisotopic (exact) mass is 584 g/mol. The van der Waals surface area contributed by atoms with Crippen LogP contribution < -0.4 is 5.32 Å². The topological polar surface area (TPSA) is 58.6 Å². The van der Waals surface area contributed by atoms with E-state index in [1.165, 1.54) is 37.3 Å². The summed E-state index contributed by atoms with van der Waals surface area (Å²) in [5.41, 5.74) is -1.83. The van der Waals surface area contributed by atoms with Crippen LogP contribution in [-0.4, -0.2) is 41.3 Å². The van der Waals surface area contributed by atoms with E-state index in [1.807, 2.05) is 0 Å². The summed E-state index contributed by atoms with van der Waals surface area (Å²) >= 11 is 0. The van der Waals surface area contributed by atoms with Crippen molar-refractivity contribution in [2.24, 2.45) is 0 Å². The average molecular weight is 585 g/mol. The number of carbonyl (C=O) groups excluding carboxylic acids is 2. The highest BCUT2D eigenvalue weighted by Crippen LogP contribution is 2.44. The number of nitrogens with one attached hydrogen (secondary N) is 1. The smallest absolute Gasteiger partial charge is 0.385 e. The van der Waals surface area contributed by atoms with Gasteiger partial charge in [0.1, 0.15) is 5.82 Å². The number of fused-ring (bicyclic) bond motifs is 1. The van der Waals surface area contributed by atoms with Gasteiger partial charge in [0.25, 0.3) is 0 Å². The molecule has 0 aromatic heterocycles. The van der Waals surface area contributed by atoms with Crippen molar-refractivity contribution >= 4 is 11.7 Å². The summed E-state index contributed by atoms with van der Waals surface area (Å²) < 4.78 is 101. The lowest BCUT2D eigenvalue weighted by Crippen LogP contribution is -2.49. The molecule has 12 heteroatoms. The predicted molar refractivity (Wildman–Crippen MR) is 133 cm³/mol. The minimum Gasteiger partial charge on any atom is -0.385 e. The van der Waals surface area contributed by atoms with Gasteiger partial charge in [-0.3, -0.25) is 9.59 Å². The number of ether oxygens (including phenoxy) is 1. The molecule has 2 aromatic carbocycles. The average Bonchev–Trinajstić information content (AvgIpc) is 3.46. The molecule has 3 unspecified atom stereocenters. The Labute approximate surface area is 231 Å². The van der Waals surface area contributed by atoms with Crippen LogP contribution in [0.4, 0.5) is 30.7 Å². The number of carbonyl (C=O) groups is 2. The fourth-order valence-electron chi connectivity index (χ4n) is 6.03.